The van der Waals surface area contributed by atoms with Gasteiger partial charge < -0.3 is 5.11 Å². The Morgan fingerprint density at radius 3 is 2.63 bits per heavy atom. The Kier molecular flexibility index (Phi) is 3.04. The third kappa shape index (κ3) is 2.30. The van der Waals surface area contributed by atoms with Gasteiger partial charge in [0.15, 0.2) is 0 Å². The summed E-state index contributed by atoms with van der Waals surface area (Å²) in [5.74, 6) is -1.09. The van der Waals surface area contributed by atoms with E-state index in [1.54, 1.807) is 19.1 Å². The van der Waals surface area contributed by atoms with Gasteiger partial charge in [-0.25, -0.2) is 4.79 Å². The van der Waals surface area contributed by atoms with Crippen LogP contribution in [0.2, 0.25) is 0 Å². The van der Waals surface area contributed by atoms with Crippen molar-refractivity contribution in [3.8, 4) is 11.3 Å². The number of hydrogen-bond acceptors (Lipinski definition) is 4. The van der Waals surface area contributed by atoms with Crippen LogP contribution in [0.4, 0.5) is 5.69 Å². The molecule has 0 atom stereocenters. The lowest BCUT2D eigenvalue weighted by molar-refractivity contribution is -0.385. The van der Waals surface area contributed by atoms with E-state index in [9.17, 15) is 14.9 Å². The summed E-state index contributed by atoms with van der Waals surface area (Å²) in [4.78, 5) is 21.3. The van der Waals surface area contributed by atoms with Crippen molar-refractivity contribution in [3.05, 3.63) is 45.6 Å². The van der Waals surface area contributed by atoms with E-state index in [1.165, 1.54) is 23.9 Å². The molecule has 7 nitrogen and oxygen atoms in total. The third-order valence-electron chi connectivity index (χ3n) is 2.80. The molecule has 1 N–H and O–H groups in total. The highest BCUT2D eigenvalue weighted by Gasteiger charge is 2.16. The molecular weight excluding hydrogens is 250 g/mol. The predicted octanol–water partition coefficient (Wildman–Crippen LogP) is 2.00. The molecular formula is C12H11N3O4. The number of rotatable bonds is 3. The van der Waals surface area contributed by atoms with Gasteiger partial charge >= 0.3 is 5.97 Å². The van der Waals surface area contributed by atoms with Crippen LogP contribution in [0.5, 0.6) is 0 Å². The van der Waals surface area contributed by atoms with Crippen molar-refractivity contribution in [1.82, 2.24) is 9.78 Å². The summed E-state index contributed by atoms with van der Waals surface area (Å²) in [6, 6.07) is 6.07. The van der Waals surface area contributed by atoms with Gasteiger partial charge in [-0.2, -0.15) is 5.10 Å². The molecule has 0 unspecified atom stereocenters. The van der Waals surface area contributed by atoms with Crippen LogP contribution in [0, 0.1) is 17.0 Å². The summed E-state index contributed by atoms with van der Waals surface area (Å²) in [5, 5.41) is 23.9. The molecule has 0 aliphatic heterocycles. The number of nitro benzene ring substituents is 1. The minimum absolute atomic E-state index is 0.0139. The Morgan fingerprint density at radius 1 is 1.42 bits per heavy atom. The van der Waals surface area contributed by atoms with Crippen LogP contribution in [0.1, 0.15) is 16.1 Å². The first-order valence-electron chi connectivity index (χ1n) is 5.43. The average molecular weight is 261 g/mol. The molecule has 0 radical (unpaired) electrons. The second-order valence-electron chi connectivity index (χ2n) is 4.10. The predicted molar refractivity (Wildman–Crippen MR) is 67.0 cm³/mol. The molecule has 19 heavy (non-hydrogen) atoms. The molecule has 2 aromatic rings. The van der Waals surface area contributed by atoms with E-state index in [0.717, 1.165) is 0 Å². The van der Waals surface area contributed by atoms with E-state index in [4.69, 9.17) is 5.11 Å². The Balaban J connectivity index is 2.53. The van der Waals surface area contributed by atoms with Gasteiger partial charge in [-0.15, -0.1) is 0 Å². The highest BCUT2D eigenvalue weighted by molar-refractivity contribution is 5.87. The number of aromatic carboxylic acids is 1. The molecule has 98 valence electrons. The maximum atomic E-state index is 10.9. The maximum Gasteiger partial charge on any atom is 0.354 e. The zero-order valence-corrected chi connectivity index (χ0v) is 10.3. The minimum atomic E-state index is -1.09. The Labute approximate surface area is 108 Å². The van der Waals surface area contributed by atoms with E-state index in [0.29, 0.717) is 16.8 Å². The quantitative estimate of drug-likeness (QED) is 0.673. The van der Waals surface area contributed by atoms with Gasteiger partial charge in [0, 0.05) is 24.2 Å². The third-order valence-corrected chi connectivity index (χ3v) is 2.80. The van der Waals surface area contributed by atoms with Crippen LogP contribution in [0.25, 0.3) is 11.3 Å². The summed E-state index contributed by atoms with van der Waals surface area (Å²) < 4.78 is 1.23. The summed E-state index contributed by atoms with van der Waals surface area (Å²) in [6.07, 6.45) is 0. The van der Waals surface area contributed by atoms with Crippen molar-refractivity contribution in [2.24, 2.45) is 7.05 Å². The number of carbonyl (C=O) groups is 1. The molecule has 1 aromatic heterocycles. The van der Waals surface area contributed by atoms with Crippen LogP contribution in [0.3, 0.4) is 0 Å². The first-order valence-corrected chi connectivity index (χ1v) is 5.43. The molecule has 0 bridgehead atoms. The Hall–Kier alpha value is -2.70. The number of nitrogens with zero attached hydrogens (tertiary/aromatic N) is 3. The van der Waals surface area contributed by atoms with E-state index in [1.807, 2.05) is 0 Å². The lowest BCUT2D eigenvalue weighted by atomic mass is 10.1. The van der Waals surface area contributed by atoms with E-state index in [-0.39, 0.29) is 11.4 Å². The lowest BCUT2D eigenvalue weighted by Gasteiger charge is -2.00. The molecule has 7 heteroatoms. The van der Waals surface area contributed by atoms with Crippen LogP contribution in [0.15, 0.2) is 24.3 Å². The highest BCUT2D eigenvalue weighted by Crippen LogP contribution is 2.26. The zero-order valence-electron chi connectivity index (χ0n) is 10.3. The Morgan fingerprint density at radius 2 is 2.11 bits per heavy atom. The zero-order chi connectivity index (χ0) is 14.2. The van der Waals surface area contributed by atoms with Crippen LogP contribution in [-0.2, 0) is 7.05 Å². The van der Waals surface area contributed by atoms with Crippen molar-refractivity contribution in [1.29, 1.82) is 0 Å². The molecule has 0 spiro atoms. The Bertz CT molecular complexity index is 676. The van der Waals surface area contributed by atoms with Crippen molar-refractivity contribution in [2.75, 3.05) is 0 Å². The van der Waals surface area contributed by atoms with E-state index < -0.39 is 10.9 Å². The SMILES string of the molecule is Cc1ccc(-c2cc(C(=O)O)n(C)n2)cc1[N+](=O)[O-]. The monoisotopic (exact) mass is 261 g/mol. The van der Waals surface area contributed by atoms with Crippen LogP contribution < -0.4 is 0 Å². The second-order valence-corrected chi connectivity index (χ2v) is 4.10. The number of carboxylic acids is 1. The standard InChI is InChI=1S/C12H11N3O4/c1-7-3-4-8(5-10(7)15(18)19)9-6-11(12(16)17)14(2)13-9/h3-6H,1-2H3,(H,16,17). The molecule has 0 saturated carbocycles. The van der Waals surface area contributed by atoms with Gasteiger partial charge in [0.25, 0.3) is 5.69 Å². The molecule has 0 amide bonds. The summed E-state index contributed by atoms with van der Waals surface area (Å²) >= 11 is 0. The lowest BCUT2D eigenvalue weighted by Crippen LogP contribution is -2.04. The summed E-state index contributed by atoms with van der Waals surface area (Å²) in [6.45, 7) is 1.64. The van der Waals surface area contributed by atoms with Crippen molar-refractivity contribution in [3.63, 3.8) is 0 Å². The molecule has 0 saturated heterocycles. The van der Waals surface area contributed by atoms with Gasteiger partial charge in [0.1, 0.15) is 5.69 Å². The first-order chi connectivity index (χ1) is 8.90. The van der Waals surface area contributed by atoms with E-state index in [2.05, 4.69) is 5.10 Å². The number of hydrogen-bond donors (Lipinski definition) is 1. The van der Waals surface area contributed by atoms with E-state index >= 15 is 0 Å². The average Bonchev–Trinajstić information content (AvgIpc) is 2.71. The number of nitro groups is 1. The largest absolute Gasteiger partial charge is 0.477 e. The second kappa shape index (κ2) is 4.52. The molecule has 1 heterocycles. The van der Waals surface area contributed by atoms with Gasteiger partial charge in [0.05, 0.1) is 10.6 Å². The molecule has 2 rings (SSSR count). The van der Waals surface area contributed by atoms with Gasteiger partial charge in [0.2, 0.25) is 0 Å². The number of benzene rings is 1. The molecule has 0 aliphatic rings. The normalized spacial score (nSPS) is 10.4. The summed E-state index contributed by atoms with van der Waals surface area (Å²) in [5.41, 5.74) is 1.46. The van der Waals surface area contributed by atoms with Gasteiger partial charge in [-0.1, -0.05) is 12.1 Å². The first kappa shape index (κ1) is 12.7. The number of aryl methyl sites for hydroxylation is 2. The van der Waals surface area contributed by atoms with Crippen molar-refractivity contribution >= 4 is 11.7 Å². The number of aromatic nitrogens is 2. The fraction of sp³-hybridized carbons (Fsp3) is 0.167. The molecule has 0 aliphatic carbocycles. The maximum absolute atomic E-state index is 10.9. The van der Waals surface area contributed by atoms with Crippen LogP contribution >= 0.6 is 0 Å². The van der Waals surface area contributed by atoms with Gasteiger partial charge in [-0.05, 0) is 13.0 Å². The molecule has 1 aromatic carbocycles. The van der Waals surface area contributed by atoms with Crippen molar-refractivity contribution in [2.45, 2.75) is 6.92 Å². The molecule has 0 fully saturated rings. The topological polar surface area (TPSA) is 98.3 Å². The fourth-order valence-corrected chi connectivity index (χ4v) is 1.77. The van der Waals surface area contributed by atoms with Gasteiger partial charge in [-0.3, -0.25) is 14.8 Å². The fourth-order valence-electron chi connectivity index (χ4n) is 1.77. The highest BCUT2D eigenvalue weighted by atomic mass is 16.6. The minimum Gasteiger partial charge on any atom is -0.477 e. The number of carboxylic acid groups (broad SMARTS) is 1. The van der Waals surface area contributed by atoms with Crippen molar-refractivity contribution < 1.29 is 14.8 Å². The smallest absolute Gasteiger partial charge is 0.354 e. The van der Waals surface area contributed by atoms with Crippen LogP contribution in [-0.4, -0.2) is 25.8 Å². The summed E-state index contributed by atoms with van der Waals surface area (Å²) in [7, 11) is 1.51.